The van der Waals surface area contributed by atoms with Gasteiger partial charge < -0.3 is 24.4 Å². The lowest BCUT2D eigenvalue weighted by molar-refractivity contribution is -0.163. The predicted octanol–water partition coefficient (Wildman–Crippen LogP) is 0.592. The van der Waals surface area contributed by atoms with Crippen molar-refractivity contribution in [1.29, 1.82) is 0 Å². The lowest BCUT2D eigenvalue weighted by Crippen LogP contribution is -2.46. The highest BCUT2D eigenvalue weighted by molar-refractivity contribution is 4.85. The highest BCUT2D eigenvalue weighted by Gasteiger charge is 2.43. The quantitative estimate of drug-likeness (QED) is 0.810. The Morgan fingerprint density at radius 1 is 1.21 bits per heavy atom. The maximum absolute atomic E-state index is 6.15. The predicted molar refractivity (Wildman–Crippen MR) is 72.1 cm³/mol. The SMILES string of the molecule is CN(CC1CNCCO1)CC1COC2(CCCC2)O1. The summed E-state index contributed by atoms with van der Waals surface area (Å²) in [6.45, 7) is 5.39. The van der Waals surface area contributed by atoms with E-state index in [9.17, 15) is 0 Å². The van der Waals surface area contributed by atoms with Crippen molar-refractivity contribution in [2.75, 3.05) is 46.4 Å². The van der Waals surface area contributed by atoms with Crippen LogP contribution in [-0.2, 0) is 14.2 Å². The molecular formula is C14H26N2O3. The third kappa shape index (κ3) is 3.47. The van der Waals surface area contributed by atoms with E-state index < -0.39 is 0 Å². The Hall–Kier alpha value is -0.200. The van der Waals surface area contributed by atoms with Gasteiger partial charge in [0.15, 0.2) is 5.79 Å². The summed E-state index contributed by atoms with van der Waals surface area (Å²) in [6, 6.07) is 0. The molecule has 3 rings (SSSR count). The van der Waals surface area contributed by atoms with E-state index >= 15 is 0 Å². The first-order valence-corrected chi connectivity index (χ1v) is 7.58. The van der Waals surface area contributed by atoms with Crippen molar-refractivity contribution in [1.82, 2.24) is 10.2 Å². The van der Waals surface area contributed by atoms with Crippen LogP contribution in [0.3, 0.4) is 0 Å². The first-order valence-electron chi connectivity index (χ1n) is 7.58. The molecule has 2 unspecified atom stereocenters. The van der Waals surface area contributed by atoms with Gasteiger partial charge in [-0.1, -0.05) is 0 Å². The fourth-order valence-corrected chi connectivity index (χ4v) is 3.39. The van der Waals surface area contributed by atoms with Gasteiger partial charge in [0.1, 0.15) is 0 Å². The smallest absolute Gasteiger partial charge is 0.168 e. The maximum atomic E-state index is 6.15. The zero-order valence-electron chi connectivity index (χ0n) is 11.9. The maximum Gasteiger partial charge on any atom is 0.168 e. The summed E-state index contributed by atoms with van der Waals surface area (Å²) in [6.07, 6.45) is 5.15. The number of hydrogen-bond donors (Lipinski definition) is 1. The lowest BCUT2D eigenvalue weighted by Gasteiger charge is -2.29. The van der Waals surface area contributed by atoms with Gasteiger partial charge in [-0.3, -0.25) is 0 Å². The first-order chi connectivity index (χ1) is 9.26. The molecule has 2 atom stereocenters. The zero-order chi connectivity index (χ0) is 13.1. The lowest BCUT2D eigenvalue weighted by atomic mass is 10.2. The van der Waals surface area contributed by atoms with E-state index in [1.165, 1.54) is 12.8 Å². The standard InChI is InChI=1S/C14H26N2O3/c1-16(9-12-8-15-6-7-17-12)10-13-11-18-14(19-13)4-2-3-5-14/h12-13,15H,2-11H2,1H3. The summed E-state index contributed by atoms with van der Waals surface area (Å²) in [7, 11) is 2.14. The monoisotopic (exact) mass is 270 g/mol. The Morgan fingerprint density at radius 3 is 2.74 bits per heavy atom. The highest BCUT2D eigenvalue weighted by Crippen LogP contribution is 2.39. The number of morpholine rings is 1. The molecule has 5 heteroatoms. The average Bonchev–Trinajstić information content (AvgIpc) is 3.02. The number of ether oxygens (including phenoxy) is 3. The third-order valence-corrected chi connectivity index (χ3v) is 4.31. The number of nitrogens with zero attached hydrogens (tertiary/aromatic N) is 1. The second kappa shape index (κ2) is 6.06. The molecule has 0 bridgehead atoms. The van der Waals surface area contributed by atoms with Crippen LogP contribution in [0, 0.1) is 0 Å². The summed E-state index contributed by atoms with van der Waals surface area (Å²) in [4.78, 5) is 2.31. The van der Waals surface area contributed by atoms with E-state index in [0.29, 0.717) is 6.10 Å². The summed E-state index contributed by atoms with van der Waals surface area (Å²) in [5, 5.41) is 3.37. The van der Waals surface area contributed by atoms with E-state index in [4.69, 9.17) is 14.2 Å². The van der Waals surface area contributed by atoms with Crippen molar-refractivity contribution in [3.05, 3.63) is 0 Å². The van der Waals surface area contributed by atoms with Gasteiger partial charge in [-0.2, -0.15) is 0 Å². The van der Waals surface area contributed by atoms with Crippen LogP contribution < -0.4 is 5.32 Å². The molecule has 1 N–H and O–H groups in total. The van der Waals surface area contributed by atoms with E-state index in [0.717, 1.165) is 52.2 Å². The summed E-state index contributed by atoms with van der Waals surface area (Å²) in [5.74, 6) is -0.228. The van der Waals surface area contributed by atoms with Gasteiger partial charge in [0.05, 0.1) is 25.4 Å². The number of likely N-dealkylation sites (N-methyl/N-ethyl adjacent to an activating group) is 1. The van der Waals surface area contributed by atoms with Crippen LogP contribution in [0.5, 0.6) is 0 Å². The molecule has 1 aliphatic carbocycles. The molecule has 3 fully saturated rings. The van der Waals surface area contributed by atoms with E-state index in [-0.39, 0.29) is 11.9 Å². The Kier molecular flexibility index (Phi) is 4.39. The average molecular weight is 270 g/mol. The molecule has 0 aromatic carbocycles. The van der Waals surface area contributed by atoms with Crippen molar-refractivity contribution in [2.24, 2.45) is 0 Å². The van der Waals surface area contributed by atoms with Crippen molar-refractivity contribution in [3.63, 3.8) is 0 Å². The Morgan fingerprint density at radius 2 is 2.00 bits per heavy atom. The van der Waals surface area contributed by atoms with Gasteiger partial charge in [0, 0.05) is 39.0 Å². The first kappa shape index (κ1) is 13.8. The molecule has 0 aromatic rings. The number of nitrogens with one attached hydrogen (secondary N) is 1. The van der Waals surface area contributed by atoms with Crippen molar-refractivity contribution in [2.45, 2.75) is 43.7 Å². The minimum Gasteiger partial charge on any atom is -0.374 e. The Balaban J connectivity index is 1.41. The molecule has 5 nitrogen and oxygen atoms in total. The van der Waals surface area contributed by atoms with Crippen LogP contribution in [0.15, 0.2) is 0 Å². The molecule has 3 aliphatic rings. The molecule has 2 saturated heterocycles. The summed E-state index contributed by atoms with van der Waals surface area (Å²) < 4.78 is 17.8. The van der Waals surface area contributed by atoms with Gasteiger partial charge >= 0.3 is 0 Å². The fourth-order valence-electron chi connectivity index (χ4n) is 3.39. The molecule has 0 amide bonds. The van der Waals surface area contributed by atoms with E-state index in [1.807, 2.05) is 0 Å². The molecular weight excluding hydrogens is 244 g/mol. The van der Waals surface area contributed by atoms with Crippen LogP contribution in [-0.4, -0.2) is 69.3 Å². The van der Waals surface area contributed by atoms with Crippen molar-refractivity contribution >= 4 is 0 Å². The molecule has 2 heterocycles. The number of hydrogen-bond acceptors (Lipinski definition) is 5. The van der Waals surface area contributed by atoms with Crippen molar-refractivity contribution < 1.29 is 14.2 Å². The molecule has 110 valence electrons. The minimum atomic E-state index is -0.228. The van der Waals surface area contributed by atoms with Crippen LogP contribution in [0.1, 0.15) is 25.7 Å². The van der Waals surface area contributed by atoms with Gasteiger partial charge in [-0.15, -0.1) is 0 Å². The minimum absolute atomic E-state index is 0.222. The topological polar surface area (TPSA) is 43.0 Å². The van der Waals surface area contributed by atoms with Gasteiger partial charge in [-0.05, 0) is 19.9 Å². The number of rotatable bonds is 4. The highest BCUT2D eigenvalue weighted by atomic mass is 16.7. The largest absolute Gasteiger partial charge is 0.374 e. The summed E-state index contributed by atoms with van der Waals surface area (Å²) >= 11 is 0. The molecule has 0 aromatic heterocycles. The van der Waals surface area contributed by atoms with E-state index in [2.05, 4.69) is 17.3 Å². The molecule has 0 radical (unpaired) electrons. The molecule has 1 spiro atoms. The Bertz CT molecular complexity index is 288. The molecule has 19 heavy (non-hydrogen) atoms. The summed E-state index contributed by atoms with van der Waals surface area (Å²) in [5.41, 5.74) is 0. The third-order valence-electron chi connectivity index (χ3n) is 4.31. The second-order valence-electron chi connectivity index (χ2n) is 6.09. The zero-order valence-corrected chi connectivity index (χ0v) is 11.9. The van der Waals surface area contributed by atoms with Crippen LogP contribution in [0.25, 0.3) is 0 Å². The van der Waals surface area contributed by atoms with Crippen LogP contribution in [0.2, 0.25) is 0 Å². The van der Waals surface area contributed by atoms with Crippen molar-refractivity contribution in [3.8, 4) is 0 Å². The van der Waals surface area contributed by atoms with Crippen LogP contribution in [0.4, 0.5) is 0 Å². The normalized spacial score (nSPS) is 34.4. The van der Waals surface area contributed by atoms with Crippen LogP contribution >= 0.6 is 0 Å². The van der Waals surface area contributed by atoms with Gasteiger partial charge in [-0.25, -0.2) is 0 Å². The Labute approximate surface area is 115 Å². The van der Waals surface area contributed by atoms with E-state index in [1.54, 1.807) is 0 Å². The van der Waals surface area contributed by atoms with Gasteiger partial charge in [0.2, 0.25) is 0 Å². The molecule has 1 saturated carbocycles. The van der Waals surface area contributed by atoms with Gasteiger partial charge in [0.25, 0.3) is 0 Å². The second-order valence-corrected chi connectivity index (χ2v) is 6.09. The fraction of sp³-hybridized carbons (Fsp3) is 1.00. The molecule has 2 aliphatic heterocycles.